The first-order chi connectivity index (χ1) is 8.83. The van der Waals surface area contributed by atoms with Crippen molar-refractivity contribution in [1.29, 1.82) is 0 Å². The van der Waals surface area contributed by atoms with Gasteiger partial charge in [-0.25, -0.2) is 0 Å². The number of ether oxygens (including phenoxy) is 1. The molecule has 0 aromatic heterocycles. The highest BCUT2D eigenvalue weighted by molar-refractivity contribution is 9.09. The second-order valence-electron chi connectivity index (χ2n) is 4.83. The average Bonchev–Trinajstić information content (AvgIpc) is 2.39. The van der Waals surface area contributed by atoms with Gasteiger partial charge in [0.15, 0.2) is 0 Å². The third kappa shape index (κ3) is 7.75. The van der Waals surface area contributed by atoms with E-state index in [0.717, 1.165) is 17.7 Å². The Labute approximate surface area is 120 Å². The van der Waals surface area contributed by atoms with E-state index in [9.17, 15) is 0 Å². The van der Waals surface area contributed by atoms with Crippen molar-refractivity contribution < 1.29 is 4.74 Å². The number of unbranched alkanes of at least 4 members (excludes halogenated alkanes) is 6. The maximum Gasteiger partial charge on any atom is 0.119 e. The molecule has 102 valence electrons. The molecular formula is C16H25BrO. The highest BCUT2D eigenvalue weighted by atomic mass is 79.9. The van der Waals surface area contributed by atoms with E-state index in [0.29, 0.717) is 0 Å². The number of hydrogen-bond acceptors (Lipinski definition) is 1. The lowest BCUT2D eigenvalue weighted by Crippen LogP contribution is -1.97. The third-order valence-electron chi connectivity index (χ3n) is 3.07. The molecule has 0 fully saturated rings. The normalized spacial score (nSPS) is 10.6. The molecule has 0 saturated heterocycles. The molecule has 0 aliphatic heterocycles. The minimum absolute atomic E-state index is 0.852. The topological polar surface area (TPSA) is 9.23 Å². The molecule has 18 heavy (non-hydrogen) atoms. The van der Waals surface area contributed by atoms with E-state index in [1.807, 2.05) is 0 Å². The summed E-state index contributed by atoms with van der Waals surface area (Å²) >= 11 is 3.46. The van der Waals surface area contributed by atoms with Crippen LogP contribution < -0.4 is 4.74 Å². The van der Waals surface area contributed by atoms with Crippen LogP contribution >= 0.6 is 15.9 Å². The Hall–Kier alpha value is -0.500. The lowest BCUT2D eigenvalue weighted by molar-refractivity contribution is 0.304. The second kappa shape index (κ2) is 10.4. The van der Waals surface area contributed by atoms with E-state index in [4.69, 9.17) is 4.74 Å². The lowest BCUT2D eigenvalue weighted by Gasteiger charge is -2.06. The molecular weight excluding hydrogens is 288 g/mol. The molecule has 0 amide bonds. The largest absolute Gasteiger partial charge is 0.494 e. The van der Waals surface area contributed by atoms with E-state index in [2.05, 4.69) is 47.1 Å². The van der Waals surface area contributed by atoms with E-state index >= 15 is 0 Å². The molecule has 0 N–H and O–H groups in total. The van der Waals surface area contributed by atoms with Crippen LogP contribution in [0.5, 0.6) is 5.75 Å². The van der Waals surface area contributed by atoms with Crippen LogP contribution in [0.15, 0.2) is 24.3 Å². The standard InChI is InChI=1S/C16H25BrO/c1-15-9-11-16(12-10-15)18-14-8-6-4-2-3-5-7-13-17/h9-12H,2-8,13-14H2,1H3. The first kappa shape index (κ1) is 15.6. The highest BCUT2D eigenvalue weighted by Crippen LogP contribution is 2.13. The molecule has 0 radical (unpaired) electrons. The molecule has 0 aliphatic carbocycles. The Kier molecular flexibility index (Phi) is 9.01. The average molecular weight is 313 g/mol. The van der Waals surface area contributed by atoms with Crippen molar-refractivity contribution >= 4 is 15.9 Å². The quantitative estimate of drug-likeness (QED) is 0.409. The van der Waals surface area contributed by atoms with Gasteiger partial charge < -0.3 is 4.74 Å². The Morgan fingerprint density at radius 2 is 1.39 bits per heavy atom. The Balaban J connectivity index is 1.91. The maximum absolute atomic E-state index is 5.70. The summed E-state index contributed by atoms with van der Waals surface area (Å²) in [6.07, 6.45) is 9.25. The molecule has 0 aliphatic rings. The van der Waals surface area contributed by atoms with Crippen molar-refractivity contribution in [3.63, 3.8) is 0 Å². The maximum atomic E-state index is 5.70. The second-order valence-corrected chi connectivity index (χ2v) is 5.62. The van der Waals surface area contributed by atoms with Gasteiger partial charge in [0.1, 0.15) is 5.75 Å². The van der Waals surface area contributed by atoms with Crippen LogP contribution in [0.4, 0.5) is 0 Å². The van der Waals surface area contributed by atoms with Crippen molar-refractivity contribution in [2.45, 2.75) is 51.9 Å². The SMILES string of the molecule is Cc1ccc(OCCCCCCCCCBr)cc1. The van der Waals surface area contributed by atoms with Crippen LogP contribution in [0.2, 0.25) is 0 Å². The summed E-state index contributed by atoms with van der Waals surface area (Å²) in [5.41, 5.74) is 1.28. The molecule has 2 heteroatoms. The van der Waals surface area contributed by atoms with Crippen LogP contribution in [0.3, 0.4) is 0 Å². The van der Waals surface area contributed by atoms with E-state index < -0.39 is 0 Å². The smallest absolute Gasteiger partial charge is 0.119 e. The third-order valence-corrected chi connectivity index (χ3v) is 3.63. The number of halogens is 1. The number of hydrogen-bond donors (Lipinski definition) is 0. The van der Waals surface area contributed by atoms with Crippen molar-refractivity contribution in [1.82, 2.24) is 0 Å². The summed E-state index contributed by atoms with van der Waals surface area (Å²) in [5.74, 6) is 0.998. The first-order valence-corrected chi connectivity index (χ1v) is 8.20. The van der Waals surface area contributed by atoms with Gasteiger partial charge in [0.05, 0.1) is 6.61 Å². The number of alkyl halides is 1. The van der Waals surface area contributed by atoms with Gasteiger partial charge >= 0.3 is 0 Å². The summed E-state index contributed by atoms with van der Waals surface area (Å²) in [4.78, 5) is 0. The molecule has 0 atom stereocenters. The zero-order valence-electron chi connectivity index (χ0n) is 11.5. The van der Waals surface area contributed by atoms with Gasteiger partial charge in [-0.1, -0.05) is 65.7 Å². The van der Waals surface area contributed by atoms with Crippen LogP contribution in [-0.4, -0.2) is 11.9 Å². The monoisotopic (exact) mass is 312 g/mol. The minimum Gasteiger partial charge on any atom is -0.494 e. The van der Waals surface area contributed by atoms with Gasteiger partial charge in [0, 0.05) is 5.33 Å². The van der Waals surface area contributed by atoms with Crippen molar-refractivity contribution in [3.05, 3.63) is 29.8 Å². The lowest BCUT2D eigenvalue weighted by atomic mass is 10.1. The summed E-state index contributed by atoms with van der Waals surface area (Å²) in [6.45, 7) is 2.95. The summed E-state index contributed by atoms with van der Waals surface area (Å²) in [7, 11) is 0. The van der Waals surface area contributed by atoms with E-state index in [-0.39, 0.29) is 0 Å². The van der Waals surface area contributed by atoms with Crippen molar-refractivity contribution in [2.75, 3.05) is 11.9 Å². The summed E-state index contributed by atoms with van der Waals surface area (Å²) in [6, 6.07) is 8.30. The fourth-order valence-corrected chi connectivity index (χ4v) is 2.30. The highest BCUT2D eigenvalue weighted by Gasteiger charge is 1.94. The minimum atomic E-state index is 0.852. The Bertz CT molecular complexity index is 294. The van der Waals surface area contributed by atoms with Crippen molar-refractivity contribution in [2.24, 2.45) is 0 Å². The Morgan fingerprint density at radius 3 is 2.00 bits per heavy atom. The number of rotatable bonds is 10. The van der Waals surface area contributed by atoms with Crippen molar-refractivity contribution in [3.8, 4) is 5.75 Å². The van der Waals surface area contributed by atoms with E-state index in [1.165, 1.54) is 50.5 Å². The van der Waals surface area contributed by atoms with Crippen LogP contribution in [-0.2, 0) is 0 Å². The molecule has 0 saturated carbocycles. The molecule has 1 nitrogen and oxygen atoms in total. The van der Waals surface area contributed by atoms with Gasteiger partial charge in [0.25, 0.3) is 0 Å². The van der Waals surface area contributed by atoms with Crippen LogP contribution in [0.1, 0.15) is 50.5 Å². The molecule has 1 aromatic rings. The zero-order chi connectivity index (χ0) is 13.1. The van der Waals surface area contributed by atoms with Gasteiger partial charge in [0.2, 0.25) is 0 Å². The van der Waals surface area contributed by atoms with E-state index in [1.54, 1.807) is 0 Å². The molecule has 0 bridgehead atoms. The molecule has 1 rings (SSSR count). The predicted octanol–water partition coefficient (Wildman–Crippen LogP) is 5.50. The predicted molar refractivity (Wildman–Crippen MR) is 82.8 cm³/mol. The van der Waals surface area contributed by atoms with Gasteiger partial charge in [-0.05, 0) is 31.9 Å². The van der Waals surface area contributed by atoms with Crippen LogP contribution in [0.25, 0.3) is 0 Å². The fourth-order valence-electron chi connectivity index (χ4n) is 1.90. The number of aryl methyl sites for hydroxylation is 1. The summed E-state index contributed by atoms with van der Waals surface area (Å²) in [5, 5.41) is 1.15. The van der Waals surface area contributed by atoms with Gasteiger partial charge in [-0.3, -0.25) is 0 Å². The van der Waals surface area contributed by atoms with Gasteiger partial charge in [-0.15, -0.1) is 0 Å². The van der Waals surface area contributed by atoms with Gasteiger partial charge in [-0.2, -0.15) is 0 Å². The summed E-state index contributed by atoms with van der Waals surface area (Å²) < 4.78 is 5.70. The molecule has 0 heterocycles. The molecule has 0 unspecified atom stereocenters. The number of benzene rings is 1. The zero-order valence-corrected chi connectivity index (χ0v) is 13.0. The fraction of sp³-hybridized carbons (Fsp3) is 0.625. The molecule has 1 aromatic carbocycles. The first-order valence-electron chi connectivity index (χ1n) is 7.08. The van der Waals surface area contributed by atoms with Crippen LogP contribution in [0, 0.1) is 6.92 Å². The Morgan fingerprint density at radius 1 is 0.833 bits per heavy atom. The molecule has 0 spiro atoms.